The Bertz CT molecular complexity index is 641. The van der Waals surface area contributed by atoms with Crippen LogP contribution in [0.4, 0.5) is 0 Å². The predicted molar refractivity (Wildman–Crippen MR) is 118 cm³/mol. The van der Waals surface area contributed by atoms with E-state index in [9.17, 15) is 0 Å². The van der Waals surface area contributed by atoms with Gasteiger partial charge >= 0.3 is 0 Å². The average Bonchev–Trinajstić information content (AvgIpc) is 3.31. The van der Waals surface area contributed by atoms with Crippen molar-refractivity contribution < 1.29 is 0 Å². The molecule has 26 heavy (non-hydrogen) atoms. The first-order valence-electron chi connectivity index (χ1n) is 9.39. The summed E-state index contributed by atoms with van der Waals surface area (Å²) in [6, 6.07) is 12.8. The highest BCUT2D eigenvalue weighted by Crippen LogP contribution is 2.20. The van der Waals surface area contributed by atoms with Crippen molar-refractivity contribution in [2.24, 2.45) is 10.9 Å². The van der Waals surface area contributed by atoms with Crippen molar-refractivity contribution in [1.29, 1.82) is 0 Å². The molecule has 0 amide bonds. The maximum absolute atomic E-state index is 4.83. The maximum Gasteiger partial charge on any atom is 0.193 e. The molecule has 3 rings (SSSR count). The first kappa shape index (κ1) is 20.7. The molecule has 1 unspecified atom stereocenters. The van der Waals surface area contributed by atoms with Crippen LogP contribution in [-0.2, 0) is 13.0 Å². The van der Waals surface area contributed by atoms with Crippen molar-refractivity contribution in [3.05, 3.63) is 54.4 Å². The molecule has 2 aromatic rings. The van der Waals surface area contributed by atoms with Gasteiger partial charge in [-0.2, -0.15) is 5.10 Å². The Labute approximate surface area is 173 Å². The summed E-state index contributed by atoms with van der Waals surface area (Å²) in [5.74, 6) is 1.79. The lowest BCUT2D eigenvalue weighted by Gasteiger charge is -2.21. The minimum absolute atomic E-state index is 0. The molecule has 0 aliphatic carbocycles. The molecule has 1 N–H and O–H groups in total. The van der Waals surface area contributed by atoms with E-state index in [1.807, 2.05) is 23.1 Å². The van der Waals surface area contributed by atoms with Crippen molar-refractivity contribution >= 4 is 29.9 Å². The lowest BCUT2D eigenvalue weighted by atomic mass is 9.99. The SMILES string of the molecule is CCNC(=NCCCn1cccn1)N1CCC(Cc2ccccc2)C1.I. The van der Waals surface area contributed by atoms with Gasteiger partial charge in [0.2, 0.25) is 0 Å². The first-order chi connectivity index (χ1) is 12.3. The lowest BCUT2D eigenvalue weighted by Crippen LogP contribution is -2.40. The van der Waals surface area contributed by atoms with Crippen molar-refractivity contribution in [3.8, 4) is 0 Å². The molecule has 1 aliphatic heterocycles. The number of nitrogens with one attached hydrogen (secondary N) is 1. The van der Waals surface area contributed by atoms with Gasteiger partial charge in [0.15, 0.2) is 5.96 Å². The van der Waals surface area contributed by atoms with Crippen molar-refractivity contribution in [2.75, 3.05) is 26.2 Å². The number of likely N-dealkylation sites (tertiary alicyclic amines) is 1. The zero-order chi connectivity index (χ0) is 17.3. The second-order valence-electron chi connectivity index (χ2n) is 6.65. The molecule has 0 saturated carbocycles. The number of hydrogen-bond donors (Lipinski definition) is 1. The number of rotatable bonds is 7. The van der Waals surface area contributed by atoms with Gasteiger partial charge in [0.1, 0.15) is 0 Å². The van der Waals surface area contributed by atoms with Crippen LogP contribution >= 0.6 is 24.0 Å². The molecule has 5 nitrogen and oxygen atoms in total. The van der Waals surface area contributed by atoms with Gasteiger partial charge in [-0.3, -0.25) is 9.67 Å². The molecular weight excluding hydrogens is 437 g/mol. The fraction of sp³-hybridized carbons (Fsp3) is 0.500. The number of benzene rings is 1. The predicted octanol–water partition coefficient (Wildman–Crippen LogP) is 3.42. The Balaban J connectivity index is 0.00000243. The van der Waals surface area contributed by atoms with Crippen LogP contribution in [0.25, 0.3) is 0 Å². The number of nitrogens with zero attached hydrogens (tertiary/aromatic N) is 4. The monoisotopic (exact) mass is 467 g/mol. The summed E-state index contributed by atoms with van der Waals surface area (Å²) in [5, 5.41) is 7.69. The van der Waals surface area contributed by atoms with Gasteiger partial charge in [0.05, 0.1) is 0 Å². The van der Waals surface area contributed by atoms with Crippen LogP contribution in [0.1, 0.15) is 25.3 Å². The molecule has 1 aromatic heterocycles. The summed E-state index contributed by atoms with van der Waals surface area (Å²) >= 11 is 0. The minimum atomic E-state index is 0. The summed E-state index contributed by atoms with van der Waals surface area (Å²) in [4.78, 5) is 7.25. The van der Waals surface area contributed by atoms with Crippen LogP contribution in [0.15, 0.2) is 53.8 Å². The van der Waals surface area contributed by atoms with Gasteiger partial charge in [0.25, 0.3) is 0 Å². The fourth-order valence-corrected chi connectivity index (χ4v) is 3.42. The van der Waals surface area contributed by atoms with Crippen LogP contribution in [0.2, 0.25) is 0 Å². The highest BCUT2D eigenvalue weighted by Gasteiger charge is 2.24. The third-order valence-electron chi connectivity index (χ3n) is 4.65. The Hall–Kier alpha value is -1.57. The van der Waals surface area contributed by atoms with E-state index in [1.54, 1.807) is 0 Å². The molecule has 0 bridgehead atoms. The number of guanidine groups is 1. The normalized spacial score (nSPS) is 17.2. The number of aliphatic imine (C=N–C) groups is 1. The van der Waals surface area contributed by atoms with Crippen LogP contribution in [0.3, 0.4) is 0 Å². The Morgan fingerprint density at radius 2 is 2.12 bits per heavy atom. The molecule has 0 radical (unpaired) electrons. The first-order valence-corrected chi connectivity index (χ1v) is 9.39. The summed E-state index contributed by atoms with van der Waals surface area (Å²) in [6.45, 7) is 7.01. The van der Waals surface area contributed by atoms with E-state index in [4.69, 9.17) is 4.99 Å². The van der Waals surface area contributed by atoms with E-state index < -0.39 is 0 Å². The highest BCUT2D eigenvalue weighted by atomic mass is 127. The smallest absolute Gasteiger partial charge is 0.193 e. The van der Waals surface area contributed by atoms with Crippen molar-refractivity contribution in [2.45, 2.75) is 32.7 Å². The zero-order valence-corrected chi connectivity index (χ0v) is 17.9. The second-order valence-corrected chi connectivity index (χ2v) is 6.65. The number of halogens is 1. The topological polar surface area (TPSA) is 45.5 Å². The number of aryl methyl sites for hydroxylation is 1. The highest BCUT2D eigenvalue weighted by molar-refractivity contribution is 14.0. The third-order valence-corrected chi connectivity index (χ3v) is 4.65. The van der Waals surface area contributed by atoms with Gasteiger partial charge in [-0.15, -0.1) is 24.0 Å². The average molecular weight is 467 g/mol. The van der Waals surface area contributed by atoms with E-state index in [0.717, 1.165) is 57.4 Å². The fourth-order valence-electron chi connectivity index (χ4n) is 3.42. The second kappa shape index (κ2) is 11.2. The van der Waals surface area contributed by atoms with Crippen LogP contribution in [0.5, 0.6) is 0 Å². The molecule has 2 heterocycles. The minimum Gasteiger partial charge on any atom is -0.357 e. The standard InChI is InChI=1S/C20H29N5.HI/c1-2-21-20(22-11-6-13-25-14-7-12-23-25)24-15-10-19(17-24)16-18-8-4-3-5-9-18;/h3-5,7-9,12,14,19H,2,6,10-11,13,15-17H2,1H3,(H,21,22);1H. The van der Waals surface area contributed by atoms with Gasteiger partial charge in [-0.05, 0) is 43.7 Å². The Kier molecular flexibility index (Phi) is 8.94. The Morgan fingerprint density at radius 3 is 2.85 bits per heavy atom. The molecule has 6 heteroatoms. The molecule has 0 spiro atoms. The molecule has 1 saturated heterocycles. The summed E-state index contributed by atoms with van der Waals surface area (Å²) in [5.41, 5.74) is 1.44. The largest absolute Gasteiger partial charge is 0.357 e. The van der Waals surface area contributed by atoms with Gasteiger partial charge < -0.3 is 10.2 Å². The van der Waals surface area contributed by atoms with E-state index in [0.29, 0.717) is 0 Å². The third kappa shape index (κ3) is 6.30. The van der Waals surface area contributed by atoms with Gasteiger partial charge in [-0.25, -0.2) is 0 Å². The van der Waals surface area contributed by atoms with Gasteiger partial charge in [0, 0.05) is 45.1 Å². The summed E-state index contributed by atoms with van der Waals surface area (Å²) < 4.78 is 1.97. The lowest BCUT2D eigenvalue weighted by molar-refractivity contribution is 0.459. The van der Waals surface area contributed by atoms with E-state index in [-0.39, 0.29) is 24.0 Å². The molecule has 1 atom stereocenters. The number of aromatic nitrogens is 2. The molecular formula is C20H30IN5. The quantitative estimate of drug-likeness (QED) is 0.294. The summed E-state index contributed by atoms with van der Waals surface area (Å²) in [6.07, 6.45) is 7.24. The molecule has 1 fully saturated rings. The molecule has 1 aromatic carbocycles. The van der Waals surface area contributed by atoms with Crippen LogP contribution in [-0.4, -0.2) is 46.8 Å². The molecule has 1 aliphatic rings. The van der Waals surface area contributed by atoms with Crippen LogP contribution in [0, 0.1) is 5.92 Å². The van der Waals surface area contributed by atoms with Gasteiger partial charge in [-0.1, -0.05) is 30.3 Å². The Morgan fingerprint density at radius 1 is 1.27 bits per heavy atom. The van der Waals surface area contributed by atoms with Crippen molar-refractivity contribution in [1.82, 2.24) is 20.0 Å². The van der Waals surface area contributed by atoms with E-state index >= 15 is 0 Å². The summed E-state index contributed by atoms with van der Waals surface area (Å²) in [7, 11) is 0. The molecule has 142 valence electrons. The van der Waals surface area contributed by atoms with E-state index in [1.165, 1.54) is 12.0 Å². The van der Waals surface area contributed by atoms with Crippen LogP contribution < -0.4 is 5.32 Å². The number of hydrogen-bond acceptors (Lipinski definition) is 2. The zero-order valence-electron chi connectivity index (χ0n) is 15.6. The maximum atomic E-state index is 4.83. The van der Waals surface area contributed by atoms with E-state index in [2.05, 4.69) is 52.6 Å². The van der Waals surface area contributed by atoms with Crippen molar-refractivity contribution in [3.63, 3.8) is 0 Å².